The van der Waals surface area contributed by atoms with Gasteiger partial charge in [-0.15, -0.1) is 0 Å². The minimum absolute atomic E-state index is 0.0705. The van der Waals surface area contributed by atoms with Crippen molar-refractivity contribution in [2.24, 2.45) is 11.8 Å². The molecule has 1 rings (SSSR count). The third kappa shape index (κ3) is 5.46. The number of ether oxygens (including phenoxy) is 5. The molecule has 0 unspecified atom stereocenters. The average molecular weight is 289 g/mol. The van der Waals surface area contributed by atoms with Crippen LogP contribution >= 0.6 is 0 Å². The van der Waals surface area contributed by atoms with Crippen molar-refractivity contribution in [3.05, 3.63) is 12.2 Å². The van der Waals surface area contributed by atoms with Crippen LogP contribution in [-0.4, -0.2) is 60.3 Å². The molecule has 0 radical (unpaired) electrons. The van der Waals surface area contributed by atoms with E-state index in [2.05, 4.69) is 10.1 Å². The lowest BCUT2D eigenvalue weighted by Crippen LogP contribution is -2.41. The third-order valence-corrected chi connectivity index (χ3v) is 3.07. The van der Waals surface area contributed by atoms with E-state index in [0.29, 0.717) is 13.2 Å². The molecule has 7 nitrogen and oxygen atoms in total. The Bertz CT molecular complexity index is 309. The van der Waals surface area contributed by atoms with Crippen LogP contribution in [0.25, 0.3) is 0 Å². The van der Waals surface area contributed by atoms with Crippen LogP contribution in [0.15, 0.2) is 12.2 Å². The fraction of sp³-hybridized carbons (Fsp3) is 0.769. The van der Waals surface area contributed by atoms with Gasteiger partial charge < -0.3 is 29.0 Å². The lowest BCUT2D eigenvalue weighted by Gasteiger charge is -2.25. The summed E-state index contributed by atoms with van der Waals surface area (Å²) in [5.41, 5.74) is 0. The molecule has 1 aliphatic carbocycles. The SMILES string of the molecule is COCOC[C@@H]1[C@@H](COCOC)C=C[C@H]1NC(=O)OC. The molecule has 1 aliphatic rings. The first-order valence-electron chi connectivity index (χ1n) is 6.39. The number of alkyl carbamates (subject to hydrolysis) is 1. The molecule has 3 atom stereocenters. The van der Waals surface area contributed by atoms with E-state index >= 15 is 0 Å². The second-order valence-corrected chi connectivity index (χ2v) is 4.43. The summed E-state index contributed by atoms with van der Waals surface area (Å²) in [6.45, 7) is 1.42. The van der Waals surface area contributed by atoms with Gasteiger partial charge in [-0.1, -0.05) is 12.2 Å². The first kappa shape index (κ1) is 16.9. The Hall–Kier alpha value is -1.15. The number of hydrogen-bond donors (Lipinski definition) is 1. The van der Waals surface area contributed by atoms with Gasteiger partial charge in [-0.25, -0.2) is 4.79 Å². The molecule has 0 bridgehead atoms. The summed E-state index contributed by atoms with van der Waals surface area (Å²) in [5.74, 6) is 0.213. The van der Waals surface area contributed by atoms with Crippen molar-refractivity contribution in [2.75, 3.05) is 48.1 Å². The standard InChI is InChI=1S/C13H23NO6/c1-16-8-19-6-10-4-5-12(14-13(15)18-3)11(10)7-20-9-17-2/h4-5,10-12H,6-9H2,1-3H3,(H,14,15)/t10-,11-,12-/m1/s1. The van der Waals surface area contributed by atoms with Crippen LogP contribution in [0.5, 0.6) is 0 Å². The maximum absolute atomic E-state index is 11.3. The molecule has 0 fully saturated rings. The molecule has 0 aliphatic heterocycles. The Balaban J connectivity index is 2.51. The third-order valence-electron chi connectivity index (χ3n) is 3.07. The van der Waals surface area contributed by atoms with E-state index in [1.807, 2.05) is 12.2 Å². The van der Waals surface area contributed by atoms with Gasteiger partial charge in [0.2, 0.25) is 0 Å². The van der Waals surface area contributed by atoms with Crippen molar-refractivity contribution < 1.29 is 28.5 Å². The Morgan fingerprint density at radius 3 is 2.30 bits per heavy atom. The highest BCUT2D eigenvalue weighted by molar-refractivity contribution is 5.67. The first-order chi connectivity index (χ1) is 9.72. The van der Waals surface area contributed by atoms with Crippen LogP contribution in [0, 0.1) is 11.8 Å². The molecule has 116 valence electrons. The second-order valence-electron chi connectivity index (χ2n) is 4.43. The first-order valence-corrected chi connectivity index (χ1v) is 6.39. The fourth-order valence-electron chi connectivity index (χ4n) is 2.11. The van der Waals surface area contributed by atoms with Gasteiger partial charge in [0.15, 0.2) is 0 Å². The lowest BCUT2D eigenvalue weighted by molar-refractivity contribution is -0.0680. The zero-order chi connectivity index (χ0) is 14.8. The van der Waals surface area contributed by atoms with E-state index in [4.69, 9.17) is 18.9 Å². The Morgan fingerprint density at radius 2 is 1.70 bits per heavy atom. The van der Waals surface area contributed by atoms with Crippen LogP contribution in [0.2, 0.25) is 0 Å². The van der Waals surface area contributed by atoms with Gasteiger partial charge in [-0.2, -0.15) is 0 Å². The number of amides is 1. The highest BCUT2D eigenvalue weighted by Gasteiger charge is 2.33. The summed E-state index contributed by atoms with van der Waals surface area (Å²) in [6, 6.07) is -0.143. The Labute approximate surface area is 119 Å². The molecule has 1 N–H and O–H groups in total. The van der Waals surface area contributed by atoms with Gasteiger partial charge in [-0.3, -0.25) is 0 Å². The quantitative estimate of drug-likeness (QED) is 0.383. The second kappa shape index (κ2) is 9.71. The average Bonchev–Trinajstić information content (AvgIpc) is 2.82. The van der Waals surface area contributed by atoms with Crippen LogP contribution in [0.3, 0.4) is 0 Å². The van der Waals surface area contributed by atoms with Gasteiger partial charge in [0.05, 0.1) is 26.4 Å². The molecule has 0 heterocycles. The van der Waals surface area contributed by atoms with Gasteiger partial charge in [0, 0.05) is 26.1 Å². The van der Waals surface area contributed by atoms with Crippen LogP contribution in [-0.2, 0) is 23.7 Å². The van der Waals surface area contributed by atoms with Crippen molar-refractivity contribution in [1.29, 1.82) is 0 Å². The summed E-state index contributed by atoms with van der Waals surface area (Å²) in [7, 11) is 4.48. The van der Waals surface area contributed by atoms with Crippen molar-refractivity contribution in [3.8, 4) is 0 Å². The molecule has 1 amide bonds. The molecule has 20 heavy (non-hydrogen) atoms. The van der Waals surface area contributed by atoms with Gasteiger partial charge >= 0.3 is 6.09 Å². The molecule has 0 aromatic carbocycles. The van der Waals surface area contributed by atoms with Crippen molar-refractivity contribution in [2.45, 2.75) is 6.04 Å². The van der Waals surface area contributed by atoms with Crippen LogP contribution in [0.4, 0.5) is 4.79 Å². The fourth-order valence-corrected chi connectivity index (χ4v) is 2.11. The summed E-state index contributed by atoms with van der Waals surface area (Å²) < 4.78 is 25.1. The van der Waals surface area contributed by atoms with Crippen LogP contribution < -0.4 is 5.32 Å². The molecular weight excluding hydrogens is 266 g/mol. The summed E-state index contributed by atoms with van der Waals surface area (Å²) >= 11 is 0. The number of hydrogen-bond acceptors (Lipinski definition) is 6. The molecule has 0 saturated carbocycles. The van der Waals surface area contributed by atoms with Crippen molar-refractivity contribution in [3.63, 3.8) is 0 Å². The van der Waals surface area contributed by atoms with E-state index < -0.39 is 6.09 Å². The summed E-state index contributed by atoms with van der Waals surface area (Å²) in [4.78, 5) is 11.3. The Kier molecular flexibility index (Phi) is 8.20. The molecule has 0 aromatic heterocycles. The zero-order valence-electron chi connectivity index (χ0n) is 12.2. The van der Waals surface area contributed by atoms with Gasteiger partial charge in [0.1, 0.15) is 13.6 Å². The topological polar surface area (TPSA) is 75.3 Å². The number of methoxy groups -OCH3 is 3. The highest BCUT2D eigenvalue weighted by atomic mass is 16.7. The molecule has 7 heteroatoms. The molecule has 0 saturated heterocycles. The van der Waals surface area contributed by atoms with Crippen molar-refractivity contribution in [1.82, 2.24) is 5.32 Å². The number of nitrogens with one attached hydrogen (secondary N) is 1. The lowest BCUT2D eigenvalue weighted by atomic mass is 9.94. The molecule has 0 aromatic rings. The highest BCUT2D eigenvalue weighted by Crippen LogP contribution is 2.26. The minimum atomic E-state index is -0.463. The largest absolute Gasteiger partial charge is 0.453 e. The van der Waals surface area contributed by atoms with E-state index in [9.17, 15) is 4.79 Å². The molecule has 0 spiro atoms. The molecular formula is C13H23NO6. The Morgan fingerprint density at radius 1 is 1.05 bits per heavy atom. The zero-order valence-corrected chi connectivity index (χ0v) is 12.2. The normalized spacial score (nSPS) is 24.9. The number of rotatable bonds is 9. The number of carbonyl (C=O) groups excluding carboxylic acids is 1. The predicted molar refractivity (Wildman–Crippen MR) is 71.1 cm³/mol. The van der Waals surface area contributed by atoms with E-state index in [1.165, 1.54) is 7.11 Å². The minimum Gasteiger partial charge on any atom is -0.453 e. The van der Waals surface area contributed by atoms with Gasteiger partial charge in [0.25, 0.3) is 0 Å². The summed E-state index contributed by atoms with van der Waals surface area (Å²) in [6.07, 6.45) is 3.48. The monoisotopic (exact) mass is 289 g/mol. The maximum atomic E-state index is 11.3. The van der Waals surface area contributed by atoms with E-state index in [0.717, 1.165) is 0 Å². The van der Waals surface area contributed by atoms with Gasteiger partial charge in [-0.05, 0) is 0 Å². The maximum Gasteiger partial charge on any atom is 0.407 e. The van der Waals surface area contributed by atoms with E-state index in [1.54, 1.807) is 14.2 Å². The van der Waals surface area contributed by atoms with Crippen LogP contribution in [0.1, 0.15) is 0 Å². The number of carbonyl (C=O) groups is 1. The predicted octanol–water partition coefficient (Wildman–Crippen LogP) is 0.754. The smallest absolute Gasteiger partial charge is 0.407 e. The van der Waals surface area contributed by atoms with Crippen molar-refractivity contribution >= 4 is 6.09 Å². The van der Waals surface area contributed by atoms with E-state index in [-0.39, 0.29) is 31.5 Å². The summed E-state index contributed by atoms with van der Waals surface area (Å²) in [5, 5.41) is 2.77.